The molecule has 2 aromatic heterocycles. The monoisotopic (exact) mass is 959 g/mol. The molecule has 2 heterocycles. The van der Waals surface area contributed by atoms with E-state index in [2.05, 4.69) is 123 Å². The molecule has 0 saturated heterocycles. The van der Waals surface area contributed by atoms with E-state index in [9.17, 15) is 9.90 Å². The van der Waals surface area contributed by atoms with Crippen LogP contribution < -0.4 is 4.50 Å². The SMILES string of the molecule is CCC(CC)C(=O)/C=C(\O)C(CC)CC.Cc1c([Si](C2CCCCC2)(C(C)(C)C)C(C)(C)C)sc2c(-c3[c-]c4ccccc4c(C(C)(C)C)c3)nccc12.[Ir]. The van der Waals surface area contributed by atoms with Gasteiger partial charge in [-0.1, -0.05) is 151 Å². The van der Waals surface area contributed by atoms with Crippen LogP contribution in [-0.4, -0.2) is 23.9 Å². The second kappa shape index (κ2) is 19.1. The number of aliphatic hydroxyl groups is 1. The van der Waals surface area contributed by atoms with E-state index in [1.807, 2.05) is 33.9 Å². The minimum Gasteiger partial charge on any atom is -0.512 e. The smallest absolute Gasteiger partial charge is 0.162 e. The summed E-state index contributed by atoms with van der Waals surface area (Å²) in [6.45, 7) is 32.8. The van der Waals surface area contributed by atoms with Crippen LogP contribution >= 0.6 is 11.3 Å². The topological polar surface area (TPSA) is 50.2 Å². The fraction of sp³-hybridized carbons (Fsp3) is 0.592. The number of pyridine rings is 1. The summed E-state index contributed by atoms with van der Waals surface area (Å²) in [6, 6.07) is 17.2. The van der Waals surface area contributed by atoms with Crippen molar-refractivity contribution in [2.75, 3.05) is 0 Å². The quantitative estimate of drug-likeness (QED) is 0.0746. The minimum atomic E-state index is -2.03. The van der Waals surface area contributed by atoms with Crippen LogP contribution in [0.1, 0.15) is 159 Å². The van der Waals surface area contributed by atoms with E-state index in [1.54, 1.807) is 4.50 Å². The summed E-state index contributed by atoms with van der Waals surface area (Å²) in [5.41, 5.74) is 6.00. The predicted octanol–water partition coefficient (Wildman–Crippen LogP) is 15.0. The van der Waals surface area contributed by atoms with Gasteiger partial charge in [-0.25, -0.2) is 0 Å². The van der Waals surface area contributed by atoms with Crippen LogP contribution in [0.2, 0.25) is 15.6 Å². The molecule has 4 aromatic rings. The maximum Gasteiger partial charge on any atom is 0.162 e. The van der Waals surface area contributed by atoms with Crippen LogP contribution in [-0.2, 0) is 30.3 Å². The van der Waals surface area contributed by atoms with Crippen molar-refractivity contribution < 1.29 is 30.0 Å². The van der Waals surface area contributed by atoms with Crippen molar-refractivity contribution in [2.24, 2.45) is 11.8 Å². The van der Waals surface area contributed by atoms with Gasteiger partial charge >= 0.3 is 0 Å². The number of aromatic nitrogens is 1. The second-order valence-electron chi connectivity index (χ2n) is 19.1. The van der Waals surface area contributed by atoms with Gasteiger partial charge in [0.05, 0.1) is 5.76 Å². The maximum absolute atomic E-state index is 11.7. The Labute approximate surface area is 354 Å². The average molecular weight is 959 g/mol. The molecular weight excluding hydrogens is 887 g/mol. The van der Waals surface area contributed by atoms with Crippen molar-refractivity contribution in [1.82, 2.24) is 4.98 Å². The van der Waals surface area contributed by atoms with E-state index in [0.29, 0.717) is 0 Å². The largest absolute Gasteiger partial charge is 0.512 e. The zero-order valence-electron chi connectivity index (χ0n) is 36.8. The van der Waals surface area contributed by atoms with Gasteiger partial charge in [-0.2, -0.15) is 11.3 Å². The van der Waals surface area contributed by atoms with E-state index in [0.717, 1.165) is 42.5 Å². The third-order valence-corrected chi connectivity index (χ3v) is 22.7. The number of aliphatic hydroxyl groups excluding tert-OH is 1. The number of rotatable bonds is 10. The Hall–Kier alpha value is -2.11. The van der Waals surface area contributed by atoms with Gasteiger partial charge in [0.2, 0.25) is 0 Å². The number of hydrogen-bond acceptors (Lipinski definition) is 4. The van der Waals surface area contributed by atoms with E-state index < -0.39 is 8.07 Å². The van der Waals surface area contributed by atoms with Crippen LogP contribution in [0.4, 0.5) is 0 Å². The Balaban J connectivity index is 0.000000433. The van der Waals surface area contributed by atoms with Gasteiger partial charge in [0.25, 0.3) is 0 Å². The van der Waals surface area contributed by atoms with Gasteiger partial charge in [0, 0.05) is 54.6 Å². The fourth-order valence-electron chi connectivity index (χ4n) is 10.2. The number of aryl methyl sites for hydroxylation is 1. The molecule has 0 spiro atoms. The van der Waals surface area contributed by atoms with Crippen LogP contribution in [0.3, 0.4) is 0 Å². The Bertz CT molecular complexity index is 1890. The first kappa shape index (κ1) is 47.3. The molecule has 0 atom stereocenters. The Morgan fingerprint density at radius 3 is 1.96 bits per heavy atom. The number of nitrogens with zero attached hydrogens (tertiary/aromatic N) is 1. The standard InChI is InChI=1S/C36H48NSSi.C13H24O2.Ir/c1-24-28-20-21-37-31(26-22-25-16-14-15-19-29(25)30(23-26)34(2,3)4)32(28)38-33(24)39(35(5,6)7,36(8,9)10)27-17-12-11-13-18-27;1-5-10(6-2)12(14)9-13(15)11(7-3)8-4;/h14-16,19-21,23,27H,11-13,17-18H2,1-10H3;9-11,14H,5-8H2,1-4H3;/q-1;;/b;12-9-;. The van der Waals surface area contributed by atoms with Gasteiger partial charge in [0.1, 0.15) is 8.07 Å². The number of carbonyl (C=O) groups excluding carboxylic acids is 1. The second-order valence-corrected chi connectivity index (χ2v) is 26.4. The number of fused-ring (bicyclic) bond motifs is 2. The summed E-state index contributed by atoms with van der Waals surface area (Å²) in [7, 11) is -2.03. The molecule has 1 radical (unpaired) electrons. The summed E-state index contributed by atoms with van der Waals surface area (Å²) in [5, 5.41) is 14.2. The molecule has 1 saturated carbocycles. The van der Waals surface area contributed by atoms with Crippen LogP contribution in [0, 0.1) is 24.8 Å². The number of allylic oxidation sites excluding steroid dienone is 2. The summed E-state index contributed by atoms with van der Waals surface area (Å²) in [5.74, 6) is 0.547. The summed E-state index contributed by atoms with van der Waals surface area (Å²) < 4.78 is 3.09. The van der Waals surface area contributed by atoms with Crippen molar-refractivity contribution >= 4 is 50.6 Å². The molecule has 1 N–H and O–H groups in total. The summed E-state index contributed by atoms with van der Waals surface area (Å²) >= 11 is 2.10. The van der Waals surface area contributed by atoms with Crippen LogP contribution in [0.25, 0.3) is 32.1 Å². The zero-order valence-corrected chi connectivity index (χ0v) is 41.0. The summed E-state index contributed by atoms with van der Waals surface area (Å²) in [4.78, 5) is 16.8. The van der Waals surface area contributed by atoms with Gasteiger partial charge in [-0.15, -0.1) is 29.1 Å². The number of ketones is 1. The average Bonchev–Trinajstić information content (AvgIpc) is 3.44. The van der Waals surface area contributed by atoms with Crippen molar-refractivity contribution in [2.45, 2.75) is 176 Å². The van der Waals surface area contributed by atoms with Crippen molar-refractivity contribution in [1.29, 1.82) is 0 Å². The first-order chi connectivity index (χ1) is 25.3. The fourth-order valence-corrected chi connectivity index (χ4v) is 23.0. The molecule has 2 aromatic carbocycles. The molecule has 6 heteroatoms. The molecule has 1 aliphatic carbocycles. The van der Waals surface area contributed by atoms with E-state index >= 15 is 0 Å². The molecule has 1 fully saturated rings. The van der Waals surface area contributed by atoms with Crippen LogP contribution in [0.5, 0.6) is 0 Å². The number of thiophene rings is 1. The summed E-state index contributed by atoms with van der Waals surface area (Å²) in [6.07, 6.45) is 13.9. The molecule has 0 amide bonds. The maximum atomic E-state index is 11.7. The number of benzene rings is 2. The Morgan fingerprint density at radius 2 is 1.44 bits per heavy atom. The predicted molar refractivity (Wildman–Crippen MR) is 240 cm³/mol. The van der Waals surface area contributed by atoms with E-state index in [1.165, 1.54) is 70.2 Å². The van der Waals surface area contributed by atoms with Gasteiger partial charge in [-0.3, -0.25) is 9.78 Å². The Kier molecular flexibility index (Phi) is 16.4. The minimum absolute atomic E-state index is 0. The van der Waals surface area contributed by atoms with E-state index in [-0.39, 0.29) is 59.0 Å². The molecule has 0 aliphatic heterocycles. The third-order valence-electron chi connectivity index (χ3n) is 12.7. The third kappa shape index (κ3) is 9.78. The first-order valence-corrected chi connectivity index (χ1v) is 24.0. The molecule has 1 aliphatic rings. The molecular formula is C49H72IrNO2SSi-. The zero-order chi connectivity index (χ0) is 40.2. The van der Waals surface area contributed by atoms with Crippen molar-refractivity contribution in [3.05, 3.63) is 71.6 Å². The van der Waals surface area contributed by atoms with E-state index in [4.69, 9.17) is 4.98 Å². The van der Waals surface area contributed by atoms with Gasteiger partial charge in [0.15, 0.2) is 5.78 Å². The molecule has 305 valence electrons. The molecule has 5 rings (SSSR count). The molecule has 3 nitrogen and oxygen atoms in total. The first-order valence-electron chi connectivity index (χ1n) is 21.1. The van der Waals surface area contributed by atoms with Gasteiger partial charge < -0.3 is 5.11 Å². The number of carbonyl (C=O) groups is 1. The van der Waals surface area contributed by atoms with Crippen LogP contribution in [0.15, 0.2) is 54.4 Å². The van der Waals surface area contributed by atoms with Crippen molar-refractivity contribution in [3.8, 4) is 11.3 Å². The normalized spacial score (nSPS) is 15.0. The molecule has 0 bridgehead atoms. The molecule has 55 heavy (non-hydrogen) atoms. The Morgan fingerprint density at radius 1 is 0.873 bits per heavy atom. The van der Waals surface area contributed by atoms with Gasteiger partial charge in [-0.05, 0) is 75.2 Å². The van der Waals surface area contributed by atoms with Crippen molar-refractivity contribution in [3.63, 3.8) is 0 Å². The number of hydrogen-bond donors (Lipinski definition) is 1. The molecule has 0 unspecified atom stereocenters.